The molecule has 0 fully saturated rings. The minimum Gasteiger partial charge on any atom is -0.462 e. The van der Waals surface area contributed by atoms with Gasteiger partial charge in [0.15, 0.2) is 6.10 Å². The van der Waals surface area contributed by atoms with E-state index in [0.29, 0.717) is 32.8 Å². The lowest BCUT2D eigenvalue weighted by Crippen LogP contribution is -2.10. The Labute approximate surface area is 137 Å². The van der Waals surface area contributed by atoms with Crippen molar-refractivity contribution in [3.8, 4) is 0 Å². The molecule has 1 aromatic heterocycles. The number of rotatable bonds is 3. The van der Waals surface area contributed by atoms with Gasteiger partial charge in [-0.1, -0.05) is 35.3 Å². The number of Topliss-reactive ketones (excluding diaryl/α,β-unsaturated/α-hetero) is 1. The first kappa shape index (κ1) is 14.9. The number of benzene rings is 1. The van der Waals surface area contributed by atoms with E-state index in [1.807, 2.05) is 0 Å². The maximum atomic E-state index is 12.7. The summed E-state index contributed by atoms with van der Waals surface area (Å²) in [5, 5.41) is 3.95. The molecular formula is C16H12Cl2N2O2. The van der Waals surface area contributed by atoms with Gasteiger partial charge < -0.3 is 10.1 Å². The fourth-order valence-corrected chi connectivity index (χ4v) is 2.69. The fraction of sp³-hybridized carbons (Fsp3) is 0.125. The number of hydrogen-bond donors (Lipinski definition) is 1. The second-order valence-corrected chi connectivity index (χ2v) is 5.60. The minimum atomic E-state index is -0.739. The van der Waals surface area contributed by atoms with E-state index >= 15 is 0 Å². The third kappa shape index (κ3) is 2.67. The molecule has 0 spiro atoms. The van der Waals surface area contributed by atoms with E-state index in [1.54, 1.807) is 49.6 Å². The van der Waals surface area contributed by atoms with Gasteiger partial charge in [0.05, 0.1) is 5.69 Å². The molecule has 1 aromatic carbocycles. The van der Waals surface area contributed by atoms with E-state index in [1.165, 1.54) is 0 Å². The number of halogens is 2. The van der Waals surface area contributed by atoms with Gasteiger partial charge in [0.25, 0.3) is 0 Å². The summed E-state index contributed by atoms with van der Waals surface area (Å²) in [5.41, 5.74) is 1.56. The number of pyridine rings is 1. The zero-order valence-corrected chi connectivity index (χ0v) is 13.2. The molecule has 0 amide bonds. The van der Waals surface area contributed by atoms with Crippen molar-refractivity contribution in [2.24, 2.45) is 0 Å². The van der Waals surface area contributed by atoms with Gasteiger partial charge in [-0.25, -0.2) is 0 Å². The Balaban J connectivity index is 2.01. The first-order chi connectivity index (χ1) is 10.6. The van der Waals surface area contributed by atoms with E-state index in [2.05, 4.69) is 10.3 Å². The molecule has 112 valence electrons. The standard InChI is InChI=1S/C16H12Cl2N2O2/c1-19-16-13(12-8-11(18)5-6-20-12)14(21)15(22-16)9-3-2-4-10(17)7-9/h2-8,15,19H,1H3/t15-/m0/s1. The van der Waals surface area contributed by atoms with Crippen molar-refractivity contribution >= 4 is 34.6 Å². The van der Waals surface area contributed by atoms with Gasteiger partial charge in [0.2, 0.25) is 11.7 Å². The third-order valence-electron chi connectivity index (χ3n) is 3.30. The maximum absolute atomic E-state index is 12.7. The van der Waals surface area contributed by atoms with Crippen LogP contribution in [0.15, 0.2) is 48.5 Å². The van der Waals surface area contributed by atoms with Crippen molar-refractivity contribution in [2.45, 2.75) is 6.10 Å². The highest BCUT2D eigenvalue weighted by molar-refractivity contribution is 6.32. The van der Waals surface area contributed by atoms with Gasteiger partial charge in [-0.3, -0.25) is 9.78 Å². The Morgan fingerprint density at radius 1 is 1.18 bits per heavy atom. The molecule has 0 radical (unpaired) electrons. The van der Waals surface area contributed by atoms with Gasteiger partial charge in [-0.15, -0.1) is 0 Å². The molecule has 4 nitrogen and oxygen atoms in total. The smallest absolute Gasteiger partial charge is 0.215 e. The number of hydrogen-bond acceptors (Lipinski definition) is 4. The van der Waals surface area contributed by atoms with Crippen LogP contribution < -0.4 is 5.32 Å². The van der Waals surface area contributed by atoms with Crippen molar-refractivity contribution in [1.82, 2.24) is 10.3 Å². The number of nitrogens with zero attached hydrogens (tertiary/aromatic N) is 1. The molecule has 3 rings (SSSR count). The van der Waals surface area contributed by atoms with Crippen molar-refractivity contribution in [2.75, 3.05) is 7.05 Å². The van der Waals surface area contributed by atoms with Crippen molar-refractivity contribution in [1.29, 1.82) is 0 Å². The lowest BCUT2D eigenvalue weighted by atomic mass is 10.00. The second kappa shape index (κ2) is 5.99. The topological polar surface area (TPSA) is 51.2 Å². The Kier molecular flexibility index (Phi) is 4.05. The molecule has 1 atom stereocenters. The molecule has 0 saturated carbocycles. The quantitative estimate of drug-likeness (QED) is 0.931. The van der Waals surface area contributed by atoms with Crippen LogP contribution in [0.1, 0.15) is 17.4 Å². The van der Waals surface area contributed by atoms with Crippen molar-refractivity contribution < 1.29 is 9.53 Å². The van der Waals surface area contributed by atoms with Crippen LogP contribution in [0.4, 0.5) is 0 Å². The monoisotopic (exact) mass is 334 g/mol. The summed E-state index contributed by atoms with van der Waals surface area (Å²) in [6.45, 7) is 0. The predicted octanol–water partition coefficient (Wildman–Crippen LogP) is 3.62. The molecule has 0 bridgehead atoms. The SMILES string of the molecule is CNC1=C(c2cc(Cl)ccn2)C(=O)[C@H](c2cccc(Cl)c2)O1. The van der Waals surface area contributed by atoms with Crippen molar-refractivity contribution in [3.05, 3.63) is 69.8 Å². The van der Waals surface area contributed by atoms with Gasteiger partial charge in [0, 0.05) is 28.9 Å². The van der Waals surface area contributed by atoms with Gasteiger partial charge in [-0.05, 0) is 24.3 Å². The number of carbonyl (C=O) groups excluding carboxylic acids is 1. The van der Waals surface area contributed by atoms with Gasteiger partial charge >= 0.3 is 0 Å². The van der Waals surface area contributed by atoms with Crippen LogP contribution in [0.2, 0.25) is 10.0 Å². The maximum Gasteiger partial charge on any atom is 0.215 e. The van der Waals surface area contributed by atoms with Crippen LogP contribution in [-0.2, 0) is 9.53 Å². The molecule has 1 N–H and O–H groups in total. The molecule has 0 aliphatic carbocycles. The first-order valence-electron chi connectivity index (χ1n) is 6.60. The van der Waals surface area contributed by atoms with Crippen LogP contribution in [0.5, 0.6) is 0 Å². The summed E-state index contributed by atoms with van der Waals surface area (Å²) in [4.78, 5) is 17.0. The Bertz CT molecular complexity index is 774. The minimum absolute atomic E-state index is 0.179. The summed E-state index contributed by atoms with van der Waals surface area (Å²) < 4.78 is 5.75. The Morgan fingerprint density at radius 2 is 1.95 bits per heavy atom. The number of aromatic nitrogens is 1. The zero-order chi connectivity index (χ0) is 15.7. The van der Waals surface area contributed by atoms with Crippen molar-refractivity contribution in [3.63, 3.8) is 0 Å². The normalized spacial score (nSPS) is 17.6. The second-order valence-electron chi connectivity index (χ2n) is 4.73. The average Bonchev–Trinajstić information content (AvgIpc) is 2.84. The van der Waals surface area contributed by atoms with Crippen LogP contribution in [0.3, 0.4) is 0 Å². The molecular weight excluding hydrogens is 323 g/mol. The summed E-state index contributed by atoms with van der Waals surface area (Å²) >= 11 is 12.0. The summed E-state index contributed by atoms with van der Waals surface area (Å²) in [7, 11) is 1.69. The fourth-order valence-electron chi connectivity index (χ4n) is 2.33. The lowest BCUT2D eigenvalue weighted by molar-refractivity contribution is -0.120. The summed E-state index contributed by atoms with van der Waals surface area (Å²) in [6.07, 6.45) is 0.815. The highest BCUT2D eigenvalue weighted by atomic mass is 35.5. The van der Waals surface area contributed by atoms with Crippen LogP contribution >= 0.6 is 23.2 Å². The van der Waals surface area contributed by atoms with Gasteiger partial charge in [0.1, 0.15) is 5.57 Å². The van der Waals surface area contributed by atoms with Crippen LogP contribution in [0, 0.1) is 0 Å². The number of carbonyl (C=O) groups is 1. The zero-order valence-electron chi connectivity index (χ0n) is 11.6. The highest BCUT2D eigenvalue weighted by Gasteiger charge is 2.37. The van der Waals surface area contributed by atoms with E-state index < -0.39 is 6.10 Å². The molecule has 0 saturated heterocycles. The summed E-state index contributed by atoms with van der Waals surface area (Å²) in [5.74, 6) is 0.200. The molecule has 2 aromatic rings. The molecule has 6 heteroatoms. The molecule has 1 aliphatic heterocycles. The first-order valence-corrected chi connectivity index (χ1v) is 7.36. The lowest BCUT2D eigenvalue weighted by Gasteiger charge is -2.11. The Hall–Kier alpha value is -2.04. The van der Waals surface area contributed by atoms with Crippen LogP contribution in [0.25, 0.3) is 5.57 Å². The van der Waals surface area contributed by atoms with E-state index in [0.717, 1.165) is 0 Å². The highest BCUT2D eigenvalue weighted by Crippen LogP contribution is 2.37. The number of ketones is 1. The Morgan fingerprint density at radius 3 is 2.64 bits per heavy atom. The molecule has 0 unspecified atom stereocenters. The summed E-state index contributed by atoms with van der Waals surface area (Å²) in [6, 6.07) is 10.3. The van der Waals surface area contributed by atoms with Crippen LogP contribution in [-0.4, -0.2) is 17.8 Å². The van der Waals surface area contributed by atoms with E-state index in [9.17, 15) is 4.79 Å². The average molecular weight is 335 g/mol. The molecule has 2 heterocycles. The van der Waals surface area contributed by atoms with E-state index in [4.69, 9.17) is 27.9 Å². The van der Waals surface area contributed by atoms with E-state index in [-0.39, 0.29) is 5.78 Å². The third-order valence-corrected chi connectivity index (χ3v) is 3.77. The molecule has 1 aliphatic rings. The largest absolute Gasteiger partial charge is 0.462 e. The number of ether oxygens (including phenoxy) is 1. The molecule has 22 heavy (non-hydrogen) atoms. The predicted molar refractivity (Wildman–Crippen MR) is 85.5 cm³/mol. The van der Waals surface area contributed by atoms with Gasteiger partial charge in [-0.2, -0.15) is 0 Å². The number of nitrogens with one attached hydrogen (secondary N) is 1.